The average Bonchev–Trinajstić information content (AvgIpc) is 2.50. The van der Waals surface area contributed by atoms with Gasteiger partial charge in [-0.15, -0.1) is 0 Å². The molecule has 1 aliphatic heterocycles. The number of carbonyl (C=O) groups excluding carboxylic acids is 1. The number of carbonyl (C=O) groups is 1. The molecule has 0 bridgehead atoms. The first-order chi connectivity index (χ1) is 10.9. The lowest BCUT2D eigenvalue weighted by Crippen LogP contribution is -2.52. The molecule has 2 rings (SSSR count). The zero-order chi connectivity index (χ0) is 17.0. The van der Waals surface area contributed by atoms with Crippen molar-refractivity contribution in [3.63, 3.8) is 0 Å². The normalized spacial score (nSPS) is 21.4. The van der Waals surface area contributed by atoms with Crippen LogP contribution in [0.25, 0.3) is 0 Å². The van der Waals surface area contributed by atoms with E-state index in [-0.39, 0.29) is 23.6 Å². The highest BCUT2D eigenvalue weighted by Crippen LogP contribution is 2.27. The number of halogens is 3. The third-order valence-corrected chi connectivity index (χ3v) is 3.69. The van der Waals surface area contributed by atoms with Gasteiger partial charge in [-0.1, -0.05) is 0 Å². The first kappa shape index (κ1) is 17.4. The van der Waals surface area contributed by atoms with Gasteiger partial charge in [-0.05, 0) is 26.0 Å². The van der Waals surface area contributed by atoms with Gasteiger partial charge < -0.3 is 19.7 Å². The smallest absolute Gasteiger partial charge is 0.322 e. The summed E-state index contributed by atoms with van der Waals surface area (Å²) in [6.07, 6.45) is -2.81. The average molecular weight is 332 g/mol. The largest absolute Gasteiger partial charge is 0.485 e. The summed E-state index contributed by atoms with van der Waals surface area (Å²) in [7, 11) is 0. The lowest BCUT2D eigenvalue weighted by atomic mass is 10.1. The number of morpholine rings is 1. The minimum Gasteiger partial charge on any atom is -0.485 e. The van der Waals surface area contributed by atoms with E-state index < -0.39 is 24.9 Å². The van der Waals surface area contributed by atoms with Crippen LogP contribution in [0.5, 0.6) is 5.75 Å². The van der Waals surface area contributed by atoms with E-state index in [0.29, 0.717) is 13.2 Å². The molecule has 1 saturated heterocycles. The second kappa shape index (κ2) is 7.54. The Balaban J connectivity index is 2.10. The molecule has 23 heavy (non-hydrogen) atoms. The minimum atomic E-state index is -2.69. The molecular weight excluding hydrogens is 313 g/mol. The first-order valence-electron chi connectivity index (χ1n) is 7.28. The molecule has 1 heterocycles. The Morgan fingerprint density at radius 3 is 2.91 bits per heavy atom. The molecule has 2 atom stereocenters. The number of anilines is 1. The maximum atomic E-state index is 13.3. The van der Waals surface area contributed by atoms with Crippen molar-refractivity contribution in [2.24, 2.45) is 0 Å². The molecule has 1 aromatic rings. The molecule has 0 unspecified atom stereocenters. The molecule has 1 aliphatic rings. The molecule has 2 amide bonds. The van der Waals surface area contributed by atoms with Crippen molar-refractivity contribution in [3.05, 3.63) is 24.0 Å². The van der Waals surface area contributed by atoms with Gasteiger partial charge in [-0.25, -0.2) is 18.0 Å². The van der Waals surface area contributed by atoms with Crippen LogP contribution in [0, 0.1) is 5.82 Å². The van der Waals surface area contributed by atoms with E-state index in [1.807, 2.05) is 13.8 Å². The summed E-state index contributed by atoms with van der Waals surface area (Å²) in [5.41, 5.74) is 0.142. The van der Waals surface area contributed by atoms with Crippen molar-refractivity contribution in [1.82, 2.24) is 4.90 Å². The second-order valence-corrected chi connectivity index (χ2v) is 5.28. The Morgan fingerprint density at radius 1 is 1.48 bits per heavy atom. The molecule has 5 nitrogen and oxygen atoms in total. The summed E-state index contributed by atoms with van der Waals surface area (Å²) in [6.45, 7) is 3.65. The molecule has 0 spiro atoms. The lowest BCUT2D eigenvalue weighted by molar-refractivity contribution is -0.0355. The van der Waals surface area contributed by atoms with E-state index in [2.05, 4.69) is 5.32 Å². The maximum Gasteiger partial charge on any atom is 0.322 e. The topological polar surface area (TPSA) is 50.8 Å². The van der Waals surface area contributed by atoms with E-state index in [4.69, 9.17) is 9.47 Å². The Kier molecular flexibility index (Phi) is 5.70. The van der Waals surface area contributed by atoms with Crippen LogP contribution in [-0.2, 0) is 4.74 Å². The number of hydrogen-bond acceptors (Lipinski definition) is 3. The van der Waals surface area contributed by atoms with Crippen molar-refractivity contribution < 1.29 is 27.4 Å². The van der Waals surface area contributed by atoms with Crippen molar-refractivity contribution in [1.29, 1.82) is 0 Å². The SMILES string of the molecule is C[C@@H]1OCCN(C(=O)Nc2ccc(F)cc2OCC(F)F)[C@@H]1C. The number of amides is 2. The quantitative estimate of drug-likeness (QED) is 0.922. The minimum absolute atomic E-state index is 0.114. The number of urea groups is 1. The highest BCUT2D eigenvalue weighted by atomic mass is 19.3. The van der Waals surface area contributed by atoms with Crippen LogP contribution in [0.4, 0.5) is 23.7 Å². The highest BCUT2D eigenvalue weighted by Gasteiger charge is 2.29. The Morgan fingerprint density at radius 2 is 2.22 bits per heavy atom. The summed E-state index contributed by atoms with van der Waals surface area (Å²) in [4.78, 5) is 13.9. The standard InChI is InChI=1S/C15H19F3N2O3/c1-9-10(2)22-6-5-20(9)15(21)19-12-4-3-11(16)7-13(12)23-8-14(17)18/h3-4,7,9-10,14H,5-6,8H2,1-2H3,(H,19,21)/t9-,10+/m1/s1. The van der Waals surface area contributed by atoms with E-state index in [0.717, 1.165) is 12.1 Å². The van der Waals surface area contributed by atoms with Gasteiger partial charge in [0.2, 0.25) is 0 Å². The highest BCUT2D eigenvalue weighted by molar-refractivity contribution is 5.91. The number of benzene rings is 1. The van der Waals surface area contributed by atoms with Gasteiger partial charge in [0.15, 0.2) is 0 Å². The molecular formula is C15H19F3N2O3. The van der Waals surface area contributed by atoms with E-state index in [9.17, 15) is 18.0 Å². The predicted molar refractivity (Wildman–Crippen MR) is 78.5 cm³/mol. The maximum absolute atomic E-state index is 13.3. The third-order valence-electron chi connectivity index (χ3n) is 3.69. The zero-order valence-corrected chi connectivity index (χ0v) is 12.9. The van der Waals surface area contributed by atoms with E-state index >= 15 is 0 Å². The second-order valence-electron chi connectivity index (χ2n) is 5.28. The van der Waals surface area contributed by atoms with Gasteiger partial charge in [-0.3, -0.25) is 0 Å². The Bertz CT molecular complexity index is 557. The molecule has 8 heteroatoms. The van der Waals surface area contributed by atoms with Crippen LogP contribution in [-0.4, -0.2) is 49.3 Å². The monoisotopic (exact) mass is 332 g/mol. The Labute approximate surface area is 132 Å². The van der Waals surface area contributed by atoms with Crippen LogP contribution >= 0.6 is 0 Å². The molecule has 1 N–H and O–H groups in total. The van der Waals surface area contributed by atoms with E-state index in [1.165, 1.54) is 6.07 Å². The molecule has 0 radical (unpaired) electrons. The van der Waals surface area contributed by atoms with Crippen LogP contribution in [0.15, 0.2) is 18.2 Å². The van der Waals surface area contributed by atoms with Gasteiger partial charge in [0.1, 0.15) is 18.2 Å². The Hall–Kier alpha value is -1.96. The van der Waals surface area contributed by atoms with Gasteiger partial charge in [-0.2, -0.15) is 0 Å². The van der Waals surface area contributed by atoms with Crippen molar-refractivity contribution in [2.75, 3.05) is 25.1 Å². The third kappa shape index (κ3) is 4.51. The summed E-state index contributed by atoms with van der Waals surface area (Å²) < 4.78 is 48.1. The molecule has 0 aliphatic carbocycles. The van der Waals surface area contributed by atoms with Gasteiger partial charge in [0.25, 0.3) is 6.43 Å². The van der Waals surface area contributed by atoms with Crippen LogP contribution in [0.2, 0.25) is 0 Å². The number of ether oxygens (including phenoxy) is 2. The van der Waals surface area contributed by atoms with Crippen molar-refractivity contribution in [3.8, 4) is 5.75 Å². The number of rotatable bonds is 4. The fourth-order valence-corrected chi connectivity index (χ4v) is 2.28. The van der Waals surface area contributed by atoms with Gasteiger partial charge in [0, 0.05) is 12.6 Å². The summed E-state index contributed by atoms with van der Waals surface area (Å²) in [5, 5.41) is 2.58. The van der Waals surface area contributed by atoms with Crippen molar-refractivity contribution in [2.45, 2.75) is 32.4 Å². The number of nitrogens with one attached hydrogen (secondary N) is 1. The van der Waals surface area contributed by atoms with Crippen molar-refractivity contribution >= 4 is 11.7 Å². The van der Waals surface area contributed by atoms with Crippen LogP contribution in [0.3, 0.4) is 0 Å². The van der Waals surface area contributed by atoms with Crippen LogP contribution < -0.4 is 10.1 Å². The summed E-state index contributed by atoms with van der Waals surface area (Å²) >= 11 is 0. The molecule has 128 valence electrons. The summed E-state index contributed by atoms with van der Waals surface area (Å²) in [5.74, 6) is -0.770. The zero-order valence-electron chi connectivity index (χ0n) is 12.9. The number of alkyl halides is 2. The fraction of sp³-hybridized carbons (Fsp3) is 0.533. The fourth-order valence-electron chi connectivity index (χ4n) is 2.28. The lowest BCUT2D eigenvalue weighted by Gasteiger charge is -2.37. The summed E-state index contributed by atoms with van der Waals surface area (Å²) in [6, 6.07) is 2.80. The predicted octanol–water partition coefficient (Wildman–Crippen LogP) is 3.11. The first-order valence-corrected chi connectivity index (χ1v) is 7.28. The van der Waals surface area contributed by atoms with Gasteiger partial charge >= 0.3 is 6.03 Å². The molecule has 1 fully saturated rings. The number of nitrogens with zero attached hydrogens (tertiary/aromatic N) is 1. The number of hydrogen-bond donors (Lipinski definition) is 1. The van der Waals surface area contributed by atoms with Gasteiger partial charge in [0.05, 0.1) is 24.4 Å². The molecule has 1 aromatic carbocycles. The van der Waals surface area contributed by atoms with E-state index in [1.54, 1.807) is 4.90 Å². The van der Waals surface area contributed by atoms with Crippen LogP contribution in [0.1, 0.15) is 13.8 Å². The molecule has 0 aromatic heterocycles. The molecule has 0 saturated carbocycles.